The molecule has 1 fully saturated rings. The maximum atomic E-state index is 8.51. The van der Waals surface area contributed by atoms with Crippen LogP contribution < -0.4 is 0 Å². The molecule has 1 aliphatic heterocycles. The fraction of sp³-hybridized carbons (Fsp3) is 0.857. The van der Waals surface area contributed by atoms with Gasteiger partial charge < -0.3 is 4.74 Å². The van der Waals surface area contributed by atoms with Gasteiger partial charge in [-0.1, -0.05) is 0 Å². The van der Waals surface area contributed by atoms with Gasteiger partial charge in [0.2, 0.25) is 0 Å². The SMILES string of the molecule is N#C[C@H]1CCCOCC1. The van der Waals surface area contributed by atoms with Crippen molar-refractivity contribution in [2.75, 3.05) is 13.2 Å². The highest BCUT2D eigenvalue weighted by Crippen LogP contribution is 2.13. The van der Waals surface area contributed by atoms with Crippen molar-refractivity contribution in [2.45, 2.75) is 19.3 Å². The molecule has 0 amide bonds. The molecule has 1 aliphatic rings. The van der Waals surface area contributed by atoms with Crippen molar-refractivity contribution in [1.82, 2.24) is 0 Å². The monoisotopic (exact) mass is 125 g/mol. The number of nitrogens with zero attached hydrogens (tertiary/aromatic N) is 1. The molecule has 50 valence electrons. The van der Waals surface area contributed by atoms with E-state index in [0.717, 1.165) is 32.5 Å². The fourth-order valence-electron chi connectivity index (χ4n) is 1.03. The van der Waals surface area contributed by atoms with Crippen LogP contribution in [0.3, 0.4) is 0 Å². The zero-order chi connectivity index (χ0) is 6.53. The third-order valence-corrected chi connectivity index (χ3v) is 1.63. The Morgan fingerprint density at radius 2 is 2.22 bits per heavy atom. The molecule has 0 N–H and O–H groups in total. The Morgan fingerprint density at radius 1 is 1.33 bits per heavy atom. The molecule has 0 radical (unpaired) electrons. The molecule has 1 rings (SSSR count). The predicted molar refractivity (Wildman–Crippen MR) is 33.8 cm³/mol. The first kappa shape index (κ1) is 6.57. The average Bonchev–Trinajstić information content (AvgIpc) is 2.13. The van der Waals surface area contributed by atoms with E-state index in [1.54, 1.807) is 0 Å². The molecule has 0 aromatic heterocycles. The lowest BCUT2D eigenvalue weighted by Crippen LogP contribution is -1.96. The van der Waals surface area contributed by atoms with Gasteiger partial charge in [-0.25, -0.2) is 0 Å². The fourth-order valence-corrected chi connectivity index (χ4v) is 1.03. The smallest absolute Gasteiger partial charge is 0.0656 e. The molecule has 0 bridgehead atoms. The van der Waals surface area contributed by atoms with E-state index >= 15 is 0 Å². The summed E-state index contributed by atoms with van der Waals surface area (Å²) in [5, 5.41) is 8.51. The normalized spacial score (nSPS) is 28.6. The van der Waals surface area contributed by atoms with Crippen molar-refractivity contribution < 1.29 is 4.74 Å². The van der Waals surface area contributed by atoms with E-state index in [9.17, 15) is 0 Å². The first-order valence-electron chi connectivity index (χ1n) is 3.41. The second-order valence-electron chi connectivity index (χ2n) is 2.37. The minimum absolute atomic E-state index is 0.257. The van der Waals surface area contributed by atoms with Gasteiger partial charge in [0, 0.05) is 19.1 Å². The van der Waals surface area contributed by atoms with E-state index in [-0.39, 0.29) is 5.92 Å². The Kier molecular flexibility index (Phi) is 2.53. The molecule has 2 heteroatoms. The van der Waals surface area contributed by atoms with Gasteiger partial charge in [0.25, 0.3) is 0 Å². The lowest BCUT2D eigenvalue weighted by atomic mass is 10.0. The van der Waals surface area contributed by atoms with Gasteiger partial charge >= 0.3 is 0 Å². The lowest BCUT2D eigenvalue weighted by Gasteiger charge is -1.98. The van der Waals surface area contributed by atoms with Crippen molar-refractivity contribution in [3.05, 3.63) is 0 Å². The van der Waals surface area contributed by atoms with Crippen LogP contribution in [0.2, 0.25) is 0 Å². The largest absolute Gasteiger partial charge is 0.381 e. The van der Waals surface area contributed by atoms with Crippen LogP contribution in [0.15, 0.2) is 0 Å². The van der Waals surface area contributed by atoms with E-state index in [2.05, 4.69) is 6.07 Å². The summed E-state index contributed by atoms with van der Waals surface area (Å²) in [6.45, 7) is 1.62. The molecular formula is C7H11NO. The van der Waals surface area contributed by atoms with Crippen LogP contribution in [-0.2, 0) is 4.74 Å². The second kappa shape index (κ2) is 3.47. The van der Waals surface area contributed by atoms with Gasteiger partial charge in [0.15, 0.2) is 0 Å². The van der Waals surface area contributed by atoms with Gasteiger partial charge in [-0.15, -0.1) is 0 Å². The van der Waals surface area contributed by atoms with E-state index in [0.29, 0.717) is 0 Å². The maximum Gasteiger partial charge on any atom is 0.0656 e. The number of ether oxygens (including phenoxy) is 1. The number of rotatable bonds is 0. The minimum Gasteiger partial charge on any atom is -0.381 e. The molecular weight excluding hydrogens is 114 g/mol. The quantitative estimate of drug-likeness (QED) is 0.489. The molecule has 2 nitrogen and oxygen atoms in total. The van der Waals surface area contributed by atoms with Crippen LogP contribution in [0.25, 0.3) is 0 Å². The van der Waals surface area contributed by atoms with Crippen LogP contribution in [-0.4, -0.2) is 13.2 Å². The topological polar surface area (TPSA) is 33.0 Å². The highest BCUT2D eigenvalue weighted by Gasteiger charge is 2.09. The van der Waals surface area contributed by atoms with Crippen LogP contribution in [0.4, 0.5) is 0 Å². The molecule has 0 aliphatic carbocycles. The van der Waals surface area contributed by atoms with E-state index in [1.807, 2.05) is 0 Å². The Balaban J connectivity index is 2.29. The number of nitriles is 1. The molecule has 0 unspecified atom stereocenters. The number of hydrogen-bond acceptors (Lipinski definition) is 2. The molecule has 0 spiro atoms. The van der Waals surface area contributed by atoms with Crippen molar-refractivity contribution in [1.29, 1.82) is 5.26 Å². The third kappa shape index (κ3) is 2.03. The second-order valence-corrected chi connectivity index (χ2v) is 2.37. The summed E-state index contributed by atoms with van der Waals surface area (Å²) >= 11 is 0. The zero-order valence-electron chi connectivity index (χ0n) is 5.47. The summed E-state index contributed by atoms with van der Waals surface area (Å²) < 4.78 is 5.18. The molecule has 0 aromatic carbocycles. The molecule has 1 atom stereocenters. The van der Waals surface area contributed by atoms with Gasteiger partial charge in [-0.05, 0) is 19.3 Å². The lowest BCUT2D eigenvalue weighted by molar-refractivity contribution is 0.143. The summed E-state index contributed by atoms with van der Waals surface area (Å²) in [5.41, 5.74) is 0. The summed E-state index contributed by atoms with van der Waals surface area (Å²) in [6.07, 6.45) is 3.01. The standard InChI is InChI=1S/C7H11NO/c8-6-7-2-1-4-9-5-3-7/h7H,1-5H2/t7-/m0/s1. The van der Waals surface area contributed by atoms with Crippen molar-refractivity contribution in [2.24, 2.45) is 5.92 Å². The highest BCUT2D eigenvalue weighted by molar-refractivity contribution is 4.82. The molecule has 0 saturated carbocycles. The Bertz CT molecular complexity index is 109. The first-order valence-corrected chi connectivity index (χ1v) is 3.41. The summed E-state index contributed by atoms with van der Waals surface area (Å²) in [5.74, 6) is 0.257. The molecule has 1 heterocycles. The van der Waals surface area contributed by atoms with E-state index < -0.39 is 0 Å². The molecule has 1 saturated heterocycles. The summed E-state index contributed by atoms with van der Waals surface area (Å²) in [4.78, 5) is 0. The van der Waals surface area contributed by atoms with Crippen molar-refractivity contribution >= 4 is 0 Å². The number of hydrogen-bond donors (Lipinski definition) is 0. The summed E-state index contributed by atoms with van der Waals surface area (Å²) in [6, 6.07) is 2.26. The van der Waals surface area contributed by atoms with Gasteiger partial charge in [-0.2, -0.15) is 5.26 Å². The molecule has 0 aromatic rings. The van der Waals surface area contributed by atoms with Gasteiger partial charge in [0.1, 0.15) is 0 Å². The Labute approximate surface area is 55.4 Å². The third-order valence-electron chi connectivity index (χ3n) is 1.63. The Hall–Kier alpha value is -0.550. The van der Waals surface area contributed by atoms with E-state index in [4.69, 9.17) is 10.00 Å². The van der Waals surface area contributed by atoms with E-state index in [1.165, 1.54) is 0 Å². The maximum absolute atomic E-state index is 8.51. The van der Waals surface area contributed by atoms with Crippen LogP contribution >= 0.6 is 0 Å². The van der Waals surface area contributed by atoms with Crippen LogP contribution in [0.5, 0.6) is 0 Å². The zero-order valence-corrected chi connectivity index (χ0v) is 5.47. The summed E-state index contributed by atoms with van der Waals surface area (Å²) in [7, 11) is 0. The highest BCUT2D eigenvalue weighted by atomic mass is 16.5. The molecule has 9 heavy (non-hydrogen) atoms. The minimum atomic E-state index is 0.257. The average molecular weight is 125 g/mol. The Morgan fingerprint density at radius 3 is 3.00 bits per heavy atom. The predicted octanol–water partition coefficient (Wildman–Crippen LogP) is 1.33. The first-order chi connectivity index (χ1) is 4.43. The van der Waals surface area contributed by atoms with Crippen LogP contribution in [0.1, 0.15) is 19.3 Å². The van der Waals surface area contributed by atoms with Crippen molar-refractivity contribution in [3.63, 3.8) is 0 Å². The van der Waals surface area contributed by atoms with Gasteiger partial charge in [-0.3, -0.25) is 0 Å². The van der Waals surface area contributed by atoms with Gasteiger partial charge in [0.05, 0.1) is 6.07 Å². The van der Waals surface area contributed by atoms with Crippen LogP contribution in [0, 0.1) is 17.2 Å². The van der Waals surface area contributed by atoms with Crippen molar-refractivity contribution in [3.8, 4) is 6.07 Å².